The second kappa shape index (κ2) is 5.73. The van der Waals surface area contributed by atoms with Crippen LogP contribution >= 0.6 is 0 Å². The highest BCUT2D eigenvalue weighted by atomic mass is 16.6. The van der Waals surface area contributed by atoms with Crippen molar-refractivity contribution in [2.24, 2.45) is 5.41 Å². The summed E-state index contributed by atoms with van der Waals surface area (Å²) in [7, 11) is 1.75. The number of hydrogen-bond donors (Lipinski definition) is 0. The van der Waals surface area contributed by atoms with E-state index in [2.05, 4.69) is 22.3 Å². The van der Waals surface area contributed by atoms with Crippen molar-refractivity contribution in [3.05, 3.63) is 35.5 Å². The molecule has 2 atom stereocenters. The number of nitrogens with zero attached hydrogens (tertiary/aromatic N) is 2. The molecule has 0 N–H and O–H groups in total. The van der Waals surface area contributed by atoms with E-state index in [1.54, 1.807) is 7.11 Å². The second-order valence-corrected chi connectivity index (χ2v) is 7.51. The van der Waals surface area contributed by atoms with Gasteiger partial charge in [0.25, 0.3) is 0 Å². The number of aromatic nitrogens is 2. The van der Waals surface area contributed by atoms with Crippen LogP contribution in [-0.4, -0.2) is 37.1 Å². The van der Waals surface area contributed by atoms with E-state index < -0.39 is 0 Å². The number of rotatable bonds is 6. The molecular weight excluding hydrogens is 320 g/mol. The first-order valence-electron chi connectivity index (χ1n) is 8.97. The van der Waals surface area contributed by atoms with Crippen LogP contribution in [0.15, 0.2) is 22.7 Å². The Morgan fingerprint density at radius 2 is 2.00 bits per heavy atom. The highest BCUT2D eigenvalue weighted by molar-refractivity contribution is 5.46. The van der Waals surface area contributed by atoms with Crippen LogP contribution < -0.4 is 9.47 Å². The van der Waals surface area contributed by atoms with Crippen molar-refractivity contribution in [2.75, 3.05) is 26.9 Å². The minimum atomic E-state index is 0.245. The quantitative estimate of drug-likeness (QED) is 0.804. The zero-order valence-electron chi connectivity index (χ0n) is 14.4. The van der Waals surface area contributed by atoms with Gasteiger partial charge < -0.3 is 18.7 Å². The average molecular weight is 342 g/mol. The first-order chi connectivity index (χ1) is 12.3. The van der Waals surface area contributed by atoms with E-state index in [1.165, 1.54) is 18.4 Å². The average Bonchev–Trinajstić information content (AvgIpc) is 3.54. The molecule has 0 unspecified atom stereocenters. The van der Waals surface area contributed by atoms with E-state index in [-0.39, 0.29) is 5.41 Å². The fourth-order valence-electron chi connectivity index (χ4n) is 3.81. The van der Waals surface area contributed by atoms with Crippen molar-refractivity contribution in [2.45, 2.75) is 37.5 Å². The molecule has 6 heteroatoms. The SMILES string of the molecule is COCC1(Cc2noc([C@@H]3C[C@H]3c3ccc4c(c3)OCCO4)n2)CC1. The van der Waals surface area contributed by atoms with Gasteiger partial charge >= 0.3 is 0 Å². The van der Waals surface area contributed by atoms with Crippen molar-refractivity contribution in [3.8, 4) is 11.5 Å². The van der Waals surface area contributed by atoms with Gasteiger partial charge in [0.2, 0.25) is 5.89 Å². The Morgan fingerprint density at radius 1 is 1.16 bits per heavy atom. The number of hydrogen-bond acceptors (Lipinski definition) is 6. The predicted octanol–water partition coefficient (Wildman–Crippen LogP) is 3.08. The van der Waals surface area contributed by atoms with Crippen molar-refractivity contribution < 1.29 is 18.7 Å². The maximum absolute atomic E-state index is 5.68. The van der Waals surface area contributed by atoms with Crippen LogP contribution in [0.5, 0.6) is 11.5 Å². The third-order valence-electron chi connectivity index (χ3n) is 5.53. The van der Waals surface area contributed by atoms with Gasteiger partial charge in [-0.1, -0.05) is 11.2 Å². The molecule has 2 fully saturated rings. The van der Waals surface area contributed by atoms with E-state index in [0.29, 0.717) is 25.0 Å². The third-order valence-corrected chi connectivity index (χ3v) is 5.53. The zero-order chi connectivity index (χ0) is 16.9. The normalized spacial score (nSPS) is 25.6. The van der Waals surface area contributed by atoms with Gasteiger partial charge in [-0.05, 0) is 42.9 Å². The summed E-state index contributed by atoms with van der Waals surface area (Å²) in [6, 6.07) is 6.21. The fraction of sp³-hybridized carbons (Fsp3) is 0.579. The van der Waals surface area contributed by atoms with Crippen LogP contribution in [0, 0.1) is 5.41 Å². The maximum Gasteiger partial charge on any atom is 0.230 e. The summed E-state index contributed by atoms with van der Waals surface area (Å²) >= 11 is 0. The Kier molecular flexibility index (Phi) is 3.48. The minimum absolute atomic E-state index is 0.245. The molecular formula is C19H22N2O4. The second-order valence-electron chi connectivity index (χ2n) is 7.51. The van der Waals surface area contributed by atoms with Gasteiger partial charge in [0, 0.05) is 24.9 Å². The molecule has 1 aliphatic heterocycles. The van der Waals surface area contributed by atoms with Gasteiger partial charge in [-0.2, -0.15) is 4.98 Å². The van der Waals surface area contributed by atoms with Gasteiger partial charge in [0.1, 0.15) is 13.2 Å². The summed E-state index contributed by atoms with van der Waals surface area (Å²) in [6.07, 6.45) is 4.28. The lowest BCUT2D eigenvalue weighted by Gasteiger charge is -2.18. The smallest absolute Gasteiger partial charge is 0.230 e. The molecule has 25 heavy (non-hydrogen) atoms. The summed E-state index contributed by atoms with van der Waals surface area (Å²) in [5.74, 6) is 4.01. The standard InChI is InChI=1S/C19H22N2O4/c1-22-11-19(4-5-19)10-17-20-18(25-21-17)14-9-13(14)12-2-3-15-16(8-12)24-7-6-23-15/h2-3,8,13-14H,4-7,9-11H2,1H3/t13-,14+/m0/s1. The molecule has 0 saturated heterocycles. The Labute approximate surface area is 146 Å². The molecule has 0 bridgehead atoms. The molecule has 6 nitrogen and oxygen atoms in total. The Bertz CT molecular complexity index is 783. The van der Waals surface area contributed by atoms with E-state index in [4.69, 9.17) is 18.7 Å². The van der Waals surface area contributed by atoms with Gasteiger partial charge in [-0.3, -0.25) is 0 Å². The van der Waals surface area contributed by atoms with Gasteiger partial charge in [0.15, 0.2) is 17.3 Å². The van der Waals surface area contributed by atoms with Crippen molar-refractivity contribution in [1.82, 2.24) is 10.1 Å². The lowest BCUT2D eigenvalue weighted by atomic mass is 10.0. The molecule has 0 radical (unpaired) electrons. The van der Waals surface area contributed by atoms with Crippen LogP contribution in [0.1, 0.15) is 48.4 Å². The first kappa shape index (κ1) is 15.2. The molecule has 1 aromatic carbocycles. The van der Waals surface area contributed by atoms with Gasteiger partial charge in [-0.25, -0.2) is 0 Å². The number of fused-ring (bicyclic) bond motifs is 1. The first-order valence-corrected chi connectivity index (χ1v) is 8.97. The Hall–Kier alpha value is -2.08. The third kappa shape index (κ3) is 2.88. The highest BCUT2D eigenvalue weighted by Gasteiger charge is 2.46. The maximum atomic E-state index is 5.68. The number of ether oxygens (including phenoxy) is 3. The lowest BCUT2D eigenvalue weighted by Crippen LogP contribution is -2.15. The molecule has 2 aliphatic carbocycles. The molecule has 3 aliphatic rings. The van der Waals surface area contributed by atoms with Gasteiger partial charge in [-0.15, -0.1) is 0 Å². The number of methoxy groups -OCH3 is 1. The largest absolute Gasteiger partial charge is 0.486 e. The molecule has 0 spiro atoms. The summed E-state index contributed by atoms with van der Waals surface area (Å²) in [6.45, 7) is 2.01. The van der Waals surface area contributed by atoms with Crippen molar-refractivity contribution >= 4 is 0 Å². The molecule has 5 rings (SSSR count). The Balaban J connectivity index is 1.27. The zero-order valence-corrected chi connectivity index (χ0v) is 14.4. The van der Waals surface area contributed by atoms with E-state index >= 15 is 0 Å². The molecule has 2 heterocycles. The topological polar surface area (TPSA) is 66.6 Å². The summed E-state index contributed by atoms with van der Waals surface area (Å²) in [4.78, 5) is 4.65. The monoisotopic (exact) mass is 342 g/mol. The predicted molar refractivity (Wildman–Crippen MR) is 89.1 cm³/mol. The molecule has 1 aromatic heterocycles. The van der Waals surface area contributed by atoms with Crippen molar-refractivity contribution in [3.63, 3.8) is 0 Å². The Morgan fingerprint density at radius 3 is 2.80 bits per heavy atom. The highest BCUT2D eigenvalue weighted by Crippen LogP contribution is 2.55. The van der Waals surface area contributed by atoms with Crippen LogP contribution in [0.2, 0.25) is 0 Å². The van der Waals surface area contributed by atoms with Crippen LogP contribution in [0.3, 0.4) is 0 Å². The molecule has 2 aromatic rings. The van der Waals surface area contributed by atoms with Gasteiger partial charge in [0.05, 0.1) is 6.61 Å². The van der Waals surface area contributed by atoms with Crippen LogP contribution in [-0.2, 0) is 11.2 Å². The van der Waals surface area contributed by atoms with Crippen molar-refractivity contribution in [1.29, 1.82) is 0 Å². The molecule has 132 valence electrons. The molecule has 0 amide bonds. The van der Waals surface area contributed by atoms with Crippen LogP contribution in [0.4, 0.5) is 0 Å². The van der Waals surface area contributed by atoms with E-state index in [1.807, 2.05) is 6.07 Å². The molecule has 2 saturated carbocycles. The van der Waals surface area contributed by atoms with E-state index in [9.17, 15) is 0 Å². The lowest BCUT2D eigenvalue weighted by molar-refractivity contribution is 0.139. The van der Waals surface area contributed by atoms with Crippen LogP contribution in [0.25, 0.3) is 0 Å². The fourth-order valence-corrected chi connectivity index (χ4v) is 3.81. The number of benzene rings is 1. The van der Waals surface area contributed by atoms with E-state index in [0.717, 1.165) is 42.7 Å². The summed E-state index contributed by atoms with van der Waals surface area (Å²) in [5, 5.41) is 4.20. The summed E-state index contributed by atoms with van der Waals surface area (Å²) in [5.41, 5.74) is 1.50. The summed E-state index contributed by atoms with van der Waals surface area (Å²) < 4.78 is 22.1. The minimum Gasteiger partial charge on any atom is -0.486 e.